The summed E-state index contributed by atoms with van der Waals surface area (Å²) >= 11 is 8.45. The summed E-state index contributed by atoms with van der Waals surface area (Å²) < 4.78 is 4.89. The van der Waals surface area contributed by atoms with Gasteiger partial charge in [-0.15, -0.1) is 23.5 Å². The van der Waals surface area contributed by atoms with E-state index in [2.05, 4.69) is 5.32 Å². The number of nitrogens with zero attached hydrogens (tertiary/aromatic N) is 1. The Morgan fingerprint density at radius 2 is 2.03 bits per heavy atom. The molecular weight excluding hydrogens is 440 g/mol. The van der Waals surface area contributed by atoms with Crippen molar-refractivity contribution >= 4 is 58.9 Å². The number of carboxylic acid groups (broad SMARTS) is 1. The molecule has 1 fully saturated rings. The summed E-state index contributed by atoms with van der Waals surface area (Å²) in [6.07, 6.45) is 0. The lowest BCUT2D eigenvalue weighted by atomic mass is 10.0. The highest BCUT2D eigenvalue weighted by Gasteiger charge is 2.54. The number of rotatable bonds is 7. The zero-order chi connectivity index (χ0) is 21.1. The highest BCUT2D eigenvalue weighted by Crippen LogP contribution is 2.40. The fourth-order valence-corrected chi connectivity index (χ4v) is 5.04. The van der Waals surface area contributed by atoms with Crippen molar-refractivity contribution < 1.29 is 29.0 Å². The highest BCUT2D eigenvalue weighted by atomic mass is 35.5. The van der Waals surface area contributed by atoms with Gasteiger partial charge in [-0.25, -0.2) is 4.79 Å². The van der Waals surface area contributed by atoms with Crippen molar-refractivity contribution in [3.8, 4) is 0 Å². The fraction of sp³-hybridized carbons (Fsp3) is 0.333. The largest absolute Gasteiger partial charge is 0.477 e. The minimum absolute atomic E-state index is 0.113. The summed E-state index contributed by atoms with van der Waals surface area (Å²) in [5.41, 5.74) is 0.173. The van der Waals surface area contributed by atoms with E-state index >= 15 is 0 Å². The second-order valence-corrected chi connectivity index (χ2v) is 8.83. The molecule has 2 atom stereocenters. The second kappa shape index (κ2) is 9.10. The number of benzene rings is 1. The Morgan fingerprint density at radius 1 is 1.34 bits per heavy atom. The van der Waals surface area contributed by atoms with Gasteiger partial charge in [-0.1, -0.05) is 11.6 Å². The van der Waals surface area contributed by atoms with Crippen molar-refractivity contribution in [2.75, 3.05) is 18.1 Å². The number of esters is 1. The zero-order valence-electron chi connectivity index (χ0n) is 15.2. The molecule has 2 aliphatic heterocycles. The van der Waals surface area contributed by atoms with Gasteiger partial charge in [0.1, 0.15) is 23.7 Å². The summed E-state index contributed by atoms with van der Waals surface area (Å²) in [4.78, 5) is 49.4. The predicted molar refractivity (Wildman–Crippen MR) is 108 cm³/mol. The van der Waals surface area contributed by atoms with Gasteiger partial charge in [0, 0.05) is 28.2 Å². The number of amides is 2. The minimum Gasteiger partial charge on any atom is -0.477 e. The maximum atomic E-state index is 12.5. The fourth-order valence-electron chi connectivity index (χ4n) is 2.88. The number of thioether (sulfide) groups is 2. The van der Waals surface area contributed by atoms with Crippen LogP contribution in [0.1, 0.15) is 6.92 Å². The molecule has 8 nitrogen and oxygen atoms in total. The van der Waals surface area contributed by atoms with Gasteiger partial charge in [-0.3, -0.25) is 19.3 Å². The number of nitrogens with one attached hydrogen (secondary N) is 1. The van der Waals surface area contributed by atoms with Gasteiger partial charge in [0.15, 0.2) is 0 Å². The van der Waals surface area contributed by atoms with E-state index in [0.717, 1.165) is 9.80 Å². The molecule has 1 aromatic carbocycles. The molecule has 0 aliphatic carbocycles. The summed E-state index contributed by atoms with van der Waals surface area (Å²) in [6, 6.07) is 6.24. The van der Waals surface area contributed by atoms with Gasteiger partial charge in [-0.2, -0.15) is 0 Å². The molecule has 2 heterocycles. The Balaban J connectivity index is 1.61. The number of aliphatic carboxylic acids is 1. The first-order valence-corrected chi connectivity index (χ1v) is 10.9. The Morgan fingerprint density at radius 3 is 2.66 bits per heavy atom. The normalized spacial score (nSPS) is 20.6. The van der Waals surface area contributed by atoms with E-state index < -0.39 is 29.3 Å². The lowest BCUT2D eigenvalue weighted by Crippen LogP contribution is -2.70. The van der Waals surface area contributed by atoms with Crippen molar-refractivity contribution in [1.29, 1.82) is 0 Å². The molecule has 1 aromatic rings. The standard InChI is InChI=1S/C18H17ClN2O6S2/c1-9(22)27-6-10-7-29-17-14(16(24)21(17)15(10)18(25)26)20-13(23)8-28-12-4-2-11(19)3-5-12/h2-5,14,17H,6-8H2,1H3,(H,20,23)(H,25,26)/t14-,17-/m1/s1. The predicted octanol–water partition coefficient (Wildman–Crippen LogP) is 1.73. The molecule has 2 amide bonds. The Kier molecular flexibility index (Phi) is 6.76. The van der Waals surface area contributed by atoms with Crippen LogP contribution in [-0.4, -0.2) is 63.3 Å². The molecule has 2 aliphatic rings. The number of hydrogen-bond acceptors (Lipinski definition) is 7. The summed E-state index contributed by atoms with van der Waals surface area (Å²) in [7, 11) is 0. The molecule has 11 heteroatoms. The van der Waals surface area contributed by atoms with E-state index in [-0.39, 0.29) is 29.7 Å². The first-order valence-electron chi connectivity index (χ1n) is 8.49. The number of carbonyl (C=O) groups is 4. The lowest BCUT2D eigenvalue weighted by molar-refractivity contribution is -0.150. The monoisotopic (exact) mass is 456 g/mol. The van der Waals surface area contributed by atoms with Crippen LogP contribution in [0, 0.1) is 0 Å². The van der Waals surface area contributed by atoms with Crippen LogP contribution in [0.5, 0.6) is 0 Å². The summed E-state index contributed by atoms with van der Waals surface area (Å²) in [5.74, 6) is -2.22. The number of fused-ring (bicyclic) bond motifs is 1. The number of carbonyl (C=O) groups excluding carboxylic acids is 3. The van der Waals surface area contributed by atoms with E-state index in [9.17, 15) is 24.3 Å². The minimum atomic E-state index is -1.27. The van der Waals surface area contributed by atoms with Crippen LogP contribution in [0.15, 0.2) is 40.4 Å². The molecule has 0 aromatic heterocycles. The van der Waals surface area contributed by atoms with Gasteiger partial charge >= 0.3 is 11.9 Å². The van der Waals surface area contributed by atoms with Gasteiger partial charge < -0.3 is 15.2 Å². The lowest BCUT2D eigenvalue weighted by Gasteiger charge is -2.49. The number of carboxylic acids is 1. The van der Waals surface area contributed by atoms with Gasteiger partial charge in [0.05, 0.1) is 5.75 Å². The van der Waals surface area contributed by atoms with E-state index in [1.54, 1.807) is 24.3 Å². The highest BCUT2D eigenvalue weighted by molar-refractivity contribution is 8.00. The van der Waals surface area contributed by atoms with E-state index in [1.807, 2.05) is 0 Å². The zero-order valence-corrected chi connectivity index (χ0v) is 17.6. The number of ether oxygens (including phenoxy) is 1. The van der Waals surface area contributed by atoms with E-state index in [4.69, 9.17) is 16.3 Å². The molecule has 0 saturated carbocycles. The average molecular weight is 457 g/mol. The van der Waals surface area contributed by atoms with Crippen molar-refractivity contribution in [2.45, 2.75) is 23.2 Å². The SMILES string of the molecule is CC(=O)OCC1=C(C(=O)O)N2C(=O)[C@@H](NC(=O)CSc3ccc(Cl)cc3)[C@H]2SC1. The van der Waals surface area contributed by atoms with Crippen LogP contribution in [0.2, 0.25) is 5.02 Å². The molecular formula is C18H17ClN2O6S2. The molecule has 29 heavy (non-hydrogen) atoms. The topological polar surface area (TPSA) is 113 Å². The van der Waals surface area contributed by atoms with Crippen LogP contribution in [0.3, 0.4) is 0 Å². The van der Waals surface area contributed by atoms with Gasteiger partial charge in [0.25, 0.3) is 5.91 Å². The molecule has 0 spiro atoms. The third-order valence-corrected chi connectivity index (χ3v) is 6.80. The molecule has 0 unspecified atom stereocenters. The Bertz CT molecular complexity index is 889. The first-order chi connectivity index (χ1) is 13.8. The van der Waals surface area contributed by atoms with Crippen LogP contribution in [0.25, 0.3) is 0 Å². The summed E-state index contributed by atoms with van der Waals surface area (Å²) in [6.45, 7) is 1.04. The second-order valence-electron chi connectivity index (χ2n) is 6.24. The first kappa shape index (κ1) is 21.5. The third-order valence-electron chi connectivity index (χ3n) is 4.20. The third kappa shape index (κ3) is 4.88. The van der Waals surface area contributed by atoms with Crippen molar-refractivity contribution in [3.05, 3.63) is 40.6 Å². The van der Waals surface area contributed by atoms with Crippen molar-refractivity contribution in [2.24, 2.45) is 0 Å². The van der Waals surface area contributed by atoms with Crippen molar-refractivity contribution in [1.82, 2.24) is 10.2 Å². The number of hydrogen-bond donors (Lipinski definition) is 2. The van der Waals surface area contributed by atoms with Gasteiger partial charge in [-0.05, 0) is 24.3 Å². The van der Waals surface area contributed by atoms with Crippen molar-refractivity contribution in [3.63, 3.8) is 0 Å². The maximum absolute atomic E-state index is 12.5. The average Bonchev–Trinajstić information content (AvgIpc) is 2.69. The molecule has 0 bridgehead atoms. The Hall–Kier alpha value is -2.17. The van der Waals surface area contributed by atoms with E-state index in [0.29, 0.717) is 10.6 Å². The van der Waals surface area contributed by atoms with Crippen LogP contribution in [0.4, 0.5) is 0 Å². The van der Waals surface area contributed by atoms with E-state index in [1.165, 1.54) is 30.4 Å². The summed E-state index contributed by atoms with van der Waals surface area (Å²) in [5, 5.41) is 12.3. The van der Waals surface area contributed by atoms with Crippen LogP contribution in [-0.2, 0) is 23.9 Å². The van der Waals surface area contributed by atoms with Gasteiger partial charge in [0.2, 0.25) is 5.91 Å². The van der Waals surface area contributed by atoms with Crippen LogP contribution >= 0.6 is 35.1 Å². The number of β-lactam (4-membered cyclic amide) rings is 1. The smallest absolute Gasteiger partial charge is 0.352 e. The maximum Gasteiger partial charge on any atom is 0.352 e. The van der Waals surface area contributed by atoms with Crippen LogP contribution < -0.4 is 5.32 Å². The molecule has 0 radical (unpaired) electrons. The molecule has 1 saturated heterocycles. The Labute approximate surface area is 180 Å². The molecule has 2 N–H and O–H groups in total. The molecule has 154 valence electrons. The molecule has 3 rings (SSSR count). The quantitative estimate of drug-likeness (QED) is 0.362. The number of halogens is 1.